The summed E-state index contributed by atoms with van der Waals surface area (Å²) < 4.78 is 1.05. The van der Waals surface area contributed by atoms with Crippen molar-refractivity contribution in [1.82, 2.24) is 9.97 Å². The van der Waals surface area contributed by atoms with Crippen molar-refractivity contribution in [1.29, 1.82) is 0 Å². The number of hydrogen-bond acceptors (Lipinski definition) is 2. The van der Waals surface area contributed by atoms with Gasteiger partial charge < -0.3 is 4.98 Å². The number of halogens is 2. The van der Waals surface area contributed by atoms with E-state index in [2.05, 4.69) is 38.9 Å². The molecule has 92 valence electrons. The molecule has 0 saturated heterocycles. The standard InChI is InChI=1S/C13H10BrClN2S/c1-6-3-8(14)4-9-11(6)17-13(16-9)12-10(15)7(2)5-18-12/h3-5H,1-2H3,(H,16,17). The van der Waals surface area contributed by atoms with Crippen molar-refractivity contribution in [3.63, 3.8) is 0 Å². The average molecular weight is 342 g/mol. The van der Waals surface area contributed by atoms with Crippen molar-refractivity contribution in [3.05, 3.63) is 38.1 Å². The molecule has 0 radical (unpaired) electrons. The Kier molecular flexibility index (Phi) is 2.96. The summed E-state index contributed by atoms with van der Waals surface area (Å²) in [7, 11) is 0. The van der Waals surface area contributed by atoms with Gasteiger partial charge in [-0.05, 0) is 42.5 Å². The molecular formula is C13H10BrClN2S. The first-order chi connectivity index (χ1) is 8.56. The van der Waals surface area contributed by atoms with Crippen molar-refractivity contribution in [3.8, 4) is 10.7 Å². The first-order valence-corrected chi connectivity index (χ1v) is 7.51. The fourth-order valence-electron chi connectivity index (χ4n) is 1.94. The van der Waals surface area contributed by atoms with Crippen molar-refractivity contribution >= 4 is 49.9 Å². The molecule has 0 fully saturated rings. The Morgan fingerprint density at radius 3 is 2.72 bits per heavy atom. The lowest BCUT2D eigenvalue weighted by Gasteiger charge is -1.94. The molecule has 0 atom stereocenters. The minimum absolute atomic E-state index is 0.788. The van der Waals surface area contributed by atoms with E-state index in [1.54, 1.807) is 11.3 Å². The first kappa shape index (κ1) is 12.2. The number of nitrogens with zero attached hydrogens (tertiary/aromatic N) is 1. The lowest BCUT2D eigenvalue weighted by Crippen LogP contribution is -1.77. The number of thiophene rings is 1. The molecule has 2 aromatic heterocycles. The highest BCUT2D eigenvalue weighted by Gasteiger charge is 2.14. The molecule has 18 heavy (non-hydrogen) atoms. The number of aromatic amines is 1. The fraction of sp³-hybridized carbons (Fsp3) is 0.154. The van der Waals surface area contributed by atoms with E-state index < -0.39 is 0 Å². The van der Waals surface area contributed by atoms with Crippen LogP contribution in [0.15, 0.2) is 22.0 Å². The molecule has 2 heterocycles. The quantitative estimate of drug-likeness (QED) is 0.637. The molecule has 1 N–H and O–H groups in total. The summed E-state index contributed by atoms with van der Waals surface area (Å²) in [5, 5.41) is 2.84. The second kappa shape index (κ2) is 4.37. The fourth-order valence-corrected chi connectivity index (χ4v) is 3.74. The van der Waals surface area contributed by atoms with E-state index in [1.807, 2.05) is 18.4 Å². The minimum atomic E-state index is 0.788. The van der Waals surface area contributed by atoms with Crippen LogP contribution in [0, 0.1) is 13.8 Å². The van der Waals surface area contributed by atoms with Crippen LogP contribution in [-0.2, 0) is 0 Å². The van der Waals surface area contributed by atoms with Gasteiger partial charge in [0, 0.05) is 4.47 Å². The van der Waals surface area contributed by atoms with Crippen molar-refractivity contribution in [2.45, 2.75) is 13.8 Å². The third kappa shape index (κ3) is 1.88. The van der Waals surface area contributed by atoms with Gasteiger partial charge in [-0.3, -0.25) is 0 Å². The van der Waals surface area contributed by atoms with Crippen LogP contribution in [0.5, 0.6) is 0 Å². The monoisotopic (exact) mass is 340 g/mol. The molecule has 5 heteroatoms. The Labute approximate surface area is 122 Å². The summed E-state index contributed by atoms with van der Waals surface area (Å²) in [5.74, 6) is 0.842. The highest BCUT2D eigenvalue weighted by molar-refractivity contribution is 9.10. The summed E-state index contributed by atoms with van der Waals surface area (Å²) in [4.78, 5) is 8.98. The van der Waals surface area contributed by atoms with Crippen LogP contribution in [0.1, 0.15) is 11.1 Å². The maximum Gasteiger partial charge on any atom is 0.150 e. The topological polar surface area (TPSA) is 28.7 Å². The van der Waals surface area contributed by atoms with Gasteiger partial charge in [-0.2, -0.15) is 0 Å². The molecule has 0 aliphatic heterocycles. The van der Waals surface area contributed by atoms with Crippen LogP contribution in [0.4, 0.5) is 0 Å². The Balaban J connectivity index is 2.25. The van der Waals surface area contributed by atoms with Gasteiger partial charge in [0.05, 0.1) is 20.9 Å². The average Bonchev–Trinajstić information content (AvgIpc) is 2.84. The second-order valence-corrected chi connectivity index (χ2v) is 6.44. The zero-order chi connectivity index (χ0) is 12.9. The second-order valence-electron chi connectivity index (χ2n) is 4.27. The van der Waals surface area contributed by atoms with Gasteiger partial charge in [-0.15, -0.1) is 11.3 Å². The van der Waals surface area contributed by atoms with Crippen LogP contribution in [0.3, 0.4) is 0 Å². The maximum absolute atomic E-state index is 6.28. The molecule has 0 aliphatic carbocycles. The van der Waals surface area contributed by atoms with Crippen molar-refractivity contribution in [2.75, 3.05) is 0 Å². The maximum atomic E-state index is 6.28. The van der Waals surface area contributed by atoms with E-state index in [0.717, 1.165) is 42.4 Å². The molecule has 0 amide bonds. The molecule has 0 spiro atoms. The third-order valence-corrected chi connectivity index (χ3v) is 5.02. The van der Waals surface area contributed by atoms with Crippen molar-refractivity contribution in [2.24, 2.45) is 0 Å². The van der Waals surface area contributed by atoms with Gasteiger partial charge >= 0.3 is 0 Å². The van der Waals surface area contributed by atoms with Crippen molar-refractivity contribution < 1.29 is 0 Å². The van der Waals surface area contributed by atoms with Gasteiger partial charge in [-0.1, -0.05) is 27.5 Å². The highest BCUT2D eigenvalue weighted by atomic mass is 79.9. The zero-order valence-electron chi connectivity index (χ0n) is 9.84. The number of benzene rings is 1. The summed E-state index contributed by atoms with van der Waals surface area (Å²) in [5.41, 5.74) is 4.26. The number of nitrogens with one attached hydrogen (secondary N) is 1. The summed E-state index contributed by atoms with van der Waals surface area (Å²) >= 11 is 11.4. The third-order valence-electron chi connectivity index (χ3n) is 2.86. The zero-order valence-corrected chi connectivity index (χ0v) is 13.0. The van der Waals surface area contributed by atoms with Crippen LogP contribution in [-0.4, -0.2) is 9.97 Å². The van der Waals surface area contributed by atoms with E-state index in [9.17, 15) is 0 Å². The summed E-state index contributed by atoms with van der Waals surface area (Å²) in [6.07, 6.45) is 0. The van der Waals surface area contributed by atoms with Gasteiger partial charge in [0.1, 0.15) is 5.82 Å². The van der Waals surface area contributed by atoms with Crippen LogP contribution in [0.2, 0.25) is 5.02 Å². The predicted molar refractivity (Wildman–Crippen MR) is 81.6 cm³/mol. The van der Waals surface area contributed by atoms with E-state index >= 15 is 0 Å². The van der Waals surface area contributed by atoms with Gasteiger partial charge in [0.25, 0.3) is 0 Å². The number of aromatic nitrogens is 2. The van der Waals surface area contributed by atoms with E-state index in [1.165, 1.54) is 0 Å². The van der Waals surface area contributed by atoms with E-state index in [0.29, 0.717) is 0 Å². The number of rotatable bonds is 1. The van der Waals surface area contributed by atoms with Crippen LogP contribution >= 0.6 is 38.9 Å². The molecule has 0 aliphatic rings. The number of H-pyrrole nitrogens is 1. The first-order valence-electron chi connectivity index (χ1n) is 5.46. The predicted octanol–water partition coefficient (Wildman–Crippen LogP) is 5.32. The number of aryl methyl sites for hydroxylation is 2. The summed E-state index contributed by atoms with van der Waals surface area (Å²) in [6.45, 7) is 4.06. The Hall–Kier alpha value is -0.840. The molecule has 0 unspecified atom stereocenters. The van der Waals surface area contributed by atoms with Gasteiger partial charge in [0.15, 0.2) is 0 Å². The molecule has 0 bridgehead atoms. The largest absolute Gasteiger partial charge is 0.337 e. The molecule has 3 aromatic rings. The Morgan fingerprint density at radius 1 is 1.28 bits per heavy atom. The molecular weight excluding hydrogens is 332 g/mol. The molecule has 3 rings (SSSR count). The minimum Gasteiger partial charge on any atom is -0.337 e. The lowest BCUT2D eigenvalue weighted by atomic mass is 10.2. The van der Waals surface area contributed by atoms with Gasteiger partial charge in [0.2, 0.25) is 0 Å². The molecule has 0 saturated carbocycles. The normalized spacial score (nSPS) is 11.3. The Bertz CT molecular complexity index is 745. The van der Waals surface area contributed by atoms with E-state index in [-0.39, 0.29) is 0 Å². The Morgan fingerprint density at radius 2 is 2.06 bits per heavy atom. The smallest absolute Gasteiger partial charge is 0.150 e. The molecule has 1 aromatic carbocycles. The number of fused-ring (bicyclic) bond motifs is 1. The summed E-state index contributed by atoms with van der Waals surface area (Å²) in [6, 6.07) is 4.10. The molecule has 2 nitrogen and oxygen atoms in total. The number of imidazole rings is 1. The highest BCUT2D eigenvalue weighted by Crippen LogP contribution is 2.36. The van der Waals surface area contributed by atoms with Crippen LogP contribution < -0.4 is 0 Å². The lowest BCUT2D eigenvalue weighted by molar-refractivity contribution is 1.35. The van der Waals surface area contributed by atoms with E-state index in [4.69, 9.17) is 11.6 Å². The SMILES string of the molecule is Cc1csc(-c2nc3c(C)cc(Br)cc3[nH]2)c1Cl. The van der Waals surface area contributed by atoms with Gasteiger partial charge in [-0.25, -0.2) is 4.98 Å². The van der Waals surface area contributed by atoms with Crippen LogP contribution in [0.25, 0.3) is 21.7 Å². The number of hydrogen-bond donors (Lipinski definition) is 1.